The van der Waals surface area contributed by atoms with Crippen LogP contribution in [-0.2, 0) is 14.4 Å². The van der Waals surface area contributed by atoms with E-state index in [1.165, 1.54) is 31.4 Å². The Kier molecular flexibility index (Phi) is 6.49. The molecule has 9 heteroatoms. The lowest BCUT2D eigenvalue weighted by Crippen LogP contribution is -2.37. The zero-order chi connectivity index (χ0) is 27.8. The summed E-state index contributed by atoms with van der Waals surface area (Å²) in [6.07, 6.45) is -1.09. The van der Waals surface area contributed by atoms with Gasteiger partial charge in [0, 0.05) is 0 Å². The lowest BCUT2D eigenvalue weighted by atomic mass is 9.90. The smallest absolute Gasteiger partial charge is 0.343 e. The first-order chi connectivity index (χ1) is 19.5. The first kappa shape index (κ1) is 25.3. The number of carbonyl (C=O) groups excluding carboxylic acids is 3. The molecule has 40 heavy (non-hydrogen) atoms. The van der Waals surface area contributed by atoms with Crippen molar-refractivity contribution in [1.82, 2.24) is 0 Å². The number of fused-ring (bicyclic) bond motifs is 1. The minimum atomic E-state index is -1.09. The molecule has 0 bridgehead atoms. The molecule has 200 valence electrons. The molecule has 0 aliphatic carbocycles. The van der Waals surface area contributed by atoms with Gasteiger partial charge in [-0.05, 0) is 66.2 Å². The van der Waals surface area contributed by atoms with E-state index in [0.717, 1.165) is 4.90 Å². The van der Waals surface area contributed by atoms with E-state index < -0.39 is 41.7 Å². The fourth-order valence-corrected chi connectivity index (χ4v) is 5.08. The summed E-state index contributed by atoms with van der Waals surface area (Å²) < 4.78 is 24.7. The summed E-state index contributed by atoms with van der Waals surface area (Å²) in [5.74, 6) is -2.47. The van der Waals surface area contributed by atoms with Crippen LogP contribution in [0.5, 0.6) is 11.5 Å². The Balaban J connectivity index is 1.38. The minimum Gasteiger partial charge on any atom is -0.493 e. The van der Waals surface area contributed by atoms with Crippen LogP contribution in [0.2, 0.25) is 0 Å². The molecule has 0 spiro atoms. The molecule has 2 saturated heterocycles. The van der Waals surface area contributed by atoms with Crippen LogP contribution in [0, 0.1) is 11.7 Å². The number of methoxy groups -OCH3 is 1. The quantitative estimate of drug-likeness (QED) is 0.192. The van der Waals surface area contributed by atoms with E-state index in [-0.39, 0.29) is 17.2 Å². The second-order valence-corrected chi connectivity index (χ2v) is 9.31. The molecule has 0 radical (unpaired) electrons. The van der Waals surface area contributed by atoms with Gasteiger partial charge in [-0.2, -0.15) is 0 Å². The third-order valence-corrected chi connectivity index (χ3v) is 6.95. The van der Waals surface area contributed by atoms with Crippen molar-refractivity contribution in [3.8, 4) is 11.5 Å². The van der Waals surface area contributed by atoms with E-state index in [1.54, 1.807) is 53.6 Å². The Bertz CT molecular complexity index is 1580. The van der Waals surface area contributed by atoms with Gasteiger partial charge < -0.3 is 9.47 Å². The third kappa shape index (κ3) is 4.36. The molecule has 2 aliphatic rings. The topological polar surface area (TPSA) is 85.4 Å². The number of hydrogen-bond donors (Lipinski definition) is 0. The van der Waals surface area contributed by atoms with Crippen LogP contribution in [0.3, 0.4) is 0 Å². The van der Waals surface area contributed by atoms with E-state index in [9.17, 15) is 18.8 Å². The highest BCUT2D eigenvalue weighted by molar-refractivity contribution is 6.23. The summed E-state index contributed by atoms with van der Waals surface area (Å²) in [5.41, 5.74) is 1.90. The largest absolute Gasteiger partial charge is 0.493 e. The monoisotopic (exact) mass is 538 g/mol. The van der Waals surface area contributed by atoms with Crippen molar-refractivity contribution in [2.75, 3.05) is 17.1 Å². The van der Waals surface area contributed by atoms with Gasteiger partial charge in [-0.3, -0.25) is 14.4 Å². The summed E-state index contributed by atoms with van der Waals surface area (Å²) >= 11 is 0. The van der Waals surface area contributed by atoms with Crippen molar-refractivity contribution in [1.29, 1.82) is 0 Å². The second-order valence-electron chi connectivity index (χ2n) is 9.31. The Hall–Kier alpha value is -5.02. The standard InChI is InChI=1S/C31H23FN2O6/c1-38-25-18-20(12-17-24(25)39-31(37)19-8-4-2-5-9-19)27-26-28(40-34(27)23-10-6-3-7-11-23)30(36)33(29(26)35)22-15-13-21(32)14-16-22/h2-18,26-28H,1H3/t26-,27+,28+/m0/s1. The van der Waals surface area contributed by atoms with Crippen LogP contribution < -0.4 is 19.4 Å². The average Bonchev–Trinajstić information content (AvgIpc) is 3.50. The number of ether oxygens (including phenoxy) is 2. The van der Waals surface area contributed by atoms with Gasteiger partial charge in [0.15, 0.2) is 17.6 Å². The fraction of sp³-hybridized carbons (Fsp3) is 0.129. The molecular weight excluding hydrogens is 515 g/mol. The highest BCUT2D eigenvalue weighted by Crippen LogP contribution is 2.48. The average molecular weight is 539 g/mol. The van der Waals surface area contributed by atoms with Crippen LogP contribution in [0.25, 0.3) is 0 Å². The number of hydroxylamine groups is 1. The number of benzene rings is 4. The van der Waals surface area contributed by atoms with Crippen molar-refractivity contribution in [3.05, 3.63) is 120 Å². The van der Waals surface area contributed by atoms with Gasteiger partial charge in [0.05, 0.1) is 30.1 Å². The minimum absolute atomic E-state index is 0.198. The van der Waals surface area contributed by atoms with Crippen molar-refractivity contribution in [2.45, 2.75) is 12.1 Å². The molecule has 0 N–H and O–H groups in total. The van der Waals surface area contributed by atoms with E-state index in [1.807, 2.05) is 30.3 Å². The zero-order valence-electron chi connectivity index (χ0n) is 21.3. The number of halogens is 1. The first-order valence-electron chi connectivity index (χ1n) is 12.6. The molecule has 2 fully saturated rings. The van der Waals surface area contributed by atoms with Gasteiger partial charge in [0.1, 0.15) is 11.7 Å². The number of amides is 2. The molecule has 0 saturated carbocycles. The second kappa shape index (κ2) is 10.3. The van der Waals surface area contributed by atoms with Crippen LogP contribution >= 0.6 is 0 Å². The molecule has 0 unspecified atom stereocenters. The van der Waals surface area contributed by atoms with E-state index in [2.05, 4.69) is 0 Å². The maximum atomic E-state index is 13.8. The molecule has 4 aromatic carbocycles. The maximum absolute atomic E-state index is 13.8. The first-order valence-corrected chi connectivity index (χ1v) is 12.6. The van der Waals surface area contributed by atoms with Crippen LogP contribution in [-0.4, -0.2) is 31.0 Å². The predicted molar refractivity (Wildman–Crippen MR) is 143 cm³/mol. The van der Waals surface area contributed by atoms with Gasteiger partial charge in [0.2, 0.25) is 5.91 Å². The normalized spacial score (nSPS) is 20.0. The maximum Gasteiger partial charge on any atom is 0.343 e. The Morgan fingerprint density at radius 3 is 2.15 bits per heavy atom. The Morgan fingerprint density at radius 2 is 1.48 bits per heavy atom. The lowest BCUT2D eigenvalue weighted by molar-refractivity contribution is -0.126. The number of esters is 1. The summed E-state index contributed by atoms with van der Waals surface area (Å²) in [4.78, 5) is 47.1. The lowest BCUT2D eigenvalue weighted by Gasteiger charge is -2.29. The highest BCUT2D eigenvalue weighted by atomic mass is 19.1. The summed E-state index contributed by atoms with van der Waals surface area (Å²) in [5, 5.41) is 1.55. The molecule has 4 aromatic rings. The van der Waals surface area contributed by atoms with Gasteiger partial charge in [-0.25, -0.2) is 19.1 Å². The molecule has 3 atom stereocenters. The van der Waals surface area contributed by atoms with E-state index in [4.69, 9.17) is 14.3 Å². The fourth-order valence-electron chi connectivity index (χ4n) is 5.08. The summed E-state index contributed by atoms with van der Waals surface area (Å²) in [6, 6.07) is 27.1. The van der Waals surface area contributed by atoms with Crippen molar-refractivity contribution >= 4 is 29.2 Å². The Morgan fingerprint density at radius 1 is 0.800 bits per heavy atom. The number of para-hydroxylation sites is 1. The SMILES string of the molecule is COc1cc([C@@H]2[C@@H]3C(=O)N(c4ccc(F)cc4)C(=O)[C@@H]3ON2c2ccccc2)ccc1OC(=O)c1ccccc1. The number of nitrogens with zero attached hydrogens (tertiary/aromatic N) is 2. The van der Waals surface area contributed by atoms with E-state index >= 15 is 0 Å². The molecule has 6 rings (SSSR count). The molecule has 2 aliphatic heterocycles. The van der Waals surface area contributed by atoms with E-state index in [0.29, 0.717) is 16.8 Å². The predicted octanol–water partition coefficient (Wildman–Crippen LogP) is 5.10. The molecule has 0 aromatic heterocycles. The molecule has 8 nitrogen and oxygen atoms in total. The van der Waals surface area contributed by atoms with Crippen LogP contribution in [0.1, 0.15) is 22.0 Å². The number of rotatable bonds is 6. The van der Waals surface area contributed by atoms with Gasteiger partial charge in [0.25, 0.3) is 5.91 Å². The number of carbonyl (C=O) groups is 3. The van der Waals surface area contributed by atoms with Crippen molar-refractivity contribution < 1.29 is 33.1 Å². The molecule has 2 heterocycles. The number of imide groups is 1. The van der Waals surface area contributed by atoms with Crippen molar-refractivity contribution in [3.63, 3.8) is 0 Å². The zero-order valence-corrected chi connectivity index (χ0v) is 21.3. The number of anilines is 2. The molecular formula is C31H23FN2O6. The van der Waals surface area contributed by atoms with Crippen LogP contribution in [0.15, 0.2) is 103 Å². The number of hydrogen-bond acceptors (Lipinski definition) is 7. The van der Waals surface area contributed by atoms with Gasteiger partial charge in [-0.15, -0.1) is 0 Å². The summed E-state index contributed by atoms with van der Waals surface area (Å²) in [7, 11) is 1.45. The third-order valence-electron chi connectivity index (χ3n) is 6.95. The van der Waals surface area contributed by atoms with Gasteiger partial charge >= 0.3 is 5.97 Å². The highest BCUT2D eigenvalue weighted by Gasteiger charge is 2.60. The van der Waals surface area contributed by atoms with Crippen molar-refractivity contribution in [2.24, 2.45) is 5.92 Å². The van der Waals surface area contributed by atoms with Gasteiger partial charge in [-0.1, -0.05) is 42.5 Å². The van der Waals surface area contributed by atoms with Crippen LogP contribution in [0.4, 0.5) is 15.8 Å². The Labute approximate surface area is 229 Å². The summed E-state index contributed by atoms with van der Waals surface area (Å²) in [6.45, 7) is 0. The molecule has 2 amide bonds.